The van der Waals surface area contributed by atoms with E-state index in [1.165, 1.54) is 0 Å². The summed E-state index contributed by atoms with van der Waals surface area (Å²) in [6.07, 6.45) is 3.09. The van der Waals surface area contributed by atoms with Gasteiger partial charge in [0.05, 0.1) is 6.10 Å². The van der Waals surface area contributed by atoms with Crippen LogP contribution in [0, 0.1) is 0 Å². The Morgan fingerprint density at radius 3 is 2.55 bits per heavy atom. The molecule has 1 heterocycles. The average molecular weight is 304 g/mol. The molecule has 0 radical (unpaired) electrons. The van der Waals surface area contributed by atoms with E-state index in [9.17, 15) is 9.59 Å². The van der Waals surface area contributed by atoms with Crippen LogP contribution in [0.4, 0.5) is 0 Å². The molecule has 2 amide bonds. The molecule has 0 fully saturated rings. The normalized spacial score (nSPS) is 21.4. The molecule has 0 aliphatic carbocycles. The van der Waals surface area contributed by atoms with Crippen LogP contribution in [-0.4, -0.2) is 31.0 Å². The number of carbonyl (C=O) groups is 2. The van der Waals surface area contributed by atoms with Crippen molar-refractivity contribution < 1.29 is 14.3 Å². The Kier molecular flexibility index (Phi) is 6.25. The fourth-order valence-electron chi connectivity index (χ4n) is 2.43. The zero-order chi connectivity index (χ0) is 15.8. The molecule has 2 rings (SSSR count). The predicted octanol–water partition coefficient (Wildman–Crippen LogP) is 1.80. The van der Waals surface area contributed by atoms with Gasteiger partial charge >= 0.3 is 0 Å². The molecule has 22 heavy (non-hydrogen) atoms. The summed E-state index contributed by atoms with van der Waals surface area (Å²) in [4.78, 5) is 23.3. The molecule has 2 N–H and O–H groups in total. The summed E-state index contributed by atoms with van der Waals surface area (Å²) >= 11 is 0. The predicted molar refractivity (Wildman–Crippen MR) is 84.7 cm³/mol. The van der Waals surface area contributed by atoms with Gasteiger partial charge in [-0.1, -0.05) is 12.1 Å². The second-order valence-electron chi connectivity index (χ2n) is 5.67. The molecule has 1 aromatic carbocycles. The lowest BCUT2D eigenvalue weighted by Crippen LogP contribution is -2.30. The van der Waals surface area contributed by atoms with Crippen molar-refractivity contribution in [3.63, 3.8) is 0 Å². The number of amides is 2. The van der Waals surface area contributed by atoms with E-state index in [2.05, 4.69) is 10.6 Å². The Bertz CT molecular complexity index is 516. The lowest BCUT2D eigenvalue weighted by atomic mass is 10.1. The highest BCUT2D eigenvalue weighted by Crippen LogP contribution is 2.16. The Hall–Kier alpha value is -2.04. The van der Waals surface area contributed by atoms with Crippen molar-refractivity contribution in [2.24, 2.45) is 0 Å². The Balaban J connectivity index is 1.99. The highest BCUT2D eigenvalue weighted by molar-refractivity contribution is 5.83. The van der Waals surface area contributed by atoms with E-state index in [4.69, 9.17) is 4.74 Å². The third kappa shape index (κ3) is 5.76. The molecule has 0 saturated heterocycles. The minimum absolute atomic E-state index is 0.0685. The van der Waals surface area contributed by atoms with Crippen molar-refractivity contribution in [3.8, 4) is 5.75 Å². The maximum atomic E-state index is 11.7. The van der Waals surface area contributed by atoms with Gasteiger partial charge in [0.1, 0.15) is 5.75 Å². The number of rotatable bonds is 0. The number of hydrogen-bond donors (Lipinski definition) is 2. The van der Waals surface area contributed by atoms with Gasteiger partial charge in [-0.05, 0) is 43.9 Å². The third-order valence-corrected chi connectivity index (χ3v) is 3.66. The van der Waals surface area contributed by atoms with E-state index in [0.29, 0.717) is 13.1 Å². The monoisotopic (exact) mass is 304 g/mol. The first kappa shape index (κ1) is 16.3. The minimum atomic E-state index is -0.0803. The lowest BCUT2D eigenvalue weighted by Gasteiger charge is -2.16. The average Bonchev–Trinajstić information content (AvgIpc) is 2.49. The molecular formula is C17H24N2O3. The van der Waals surface area contributed by atoms with Gasteiger partial charge in [-0.25, -0.2) is 0 Å². The summed E-state index contributed by atoms with van der Waals surface area (Å²) < 4.78 is 5.90. The van der Waals surface area contributed by atoms with Crippen molar-refractivity contribution >= 4 is 11.8 Å². The fourth-order valence-corrected chi connectivity index (χ4v) is 2.43. The molecular weight excluding hydrogens is 280 g/mol. The molecule has 120 valence electrons. The van der Waals surface area contributed by atoms with Gasteiger partial charge in [0.25, 0.3) is 0 Å². The summed E-state index contributed by atoms with van der Waals surface area (Å²) in [6, 6.07) is 7.97. The van der Waals surface area contributed by atoms with E-state index in [1.54, 1.807) is 0 Å². The molecule has 1 unspecified atom stereocenters. The van der Waals surface area contributed by atoms with Gasteiger partial charge in [-0.15, -0.1) is 0 Å². The van der Waals surface area contributed by atoms with E-state index in [0.717, 1.165) is 30.6 Å². The smallest absolute Gasteiger partial charge is 0.220 e. The van der Waals surface area contributed by atoms with Gasteiger partial charge in [0.2, 0.25) is 11.8 Å². The highest BCUT2D eigenvalue weighted by Gasteiger charge is 2.09. The summed E-state index contributed by atoms with van der Waals surface area (Å²) in [6.45, 7) is 3.23. The molecule has 0 spiro atoms. The second-order valence-corrected chi connectivity index (χ2v) is 5.67. The number of nitrogens with one attached hydrogen (secondary N) is 2. The molecule has 0 saturated carbocycles. The molecule has 5 heteroatoms. The first-order chi connectivity index (χ1) is 10.6. The maximum absolute atomic E-state index is 11.7. The van der Waals surface area contributed by atoms with E-state index in [-0.39, 0.29) is 30.8 Å². The molecule has 0 aromatic heterocycles. The summed E-state index contributed by atoms with van der Waals surface area (Å²) in [5.74, 6) is 0.705. The number of benzene rings is 1. The zero-order valence-electron chi connectivity index (χ0n) is 13.1. The SMILES string of the molecule is CC1CCCNC(=O)CCC(=O)NCCc2cccc(c2)O1. The van der Waals surface area contributed by atoms with Crippen molar-refractivity contribution in [1.29, 1.82) is 0 Å². The zero-order valence-corrected chi connectivity index (χ0v) is 13.1. The second kappa shape index (κ2) is 8.41. The van der Waals surface area contributed by atoms with Crippen LogP contribution in [0.1, 0.15) is 38.2 Å². The molecule has 5 nitrogen and oxygen atoms in total. The lowest BCUT2D eigenvalue weighted by molar-refractivity contribution is -0.126. The highest BCUT2D eigenvalue weighted by atomic mass is 16.5. The van der Waals surface area contributed by atoms with Crippen molar-refractivity contribution in [1.82, 2.24) is 10.6 Å². The van der Waals surface area contributed by atoms with E-state index in [1.807, 2.05) is 31.2 Å². The molecule has 1 aliphatic heterocycles. The fraction of sp³-hybridized carbons (Fsp3) is 0.529. The molecule has 2 bridgehead atoms. The van der Waals surface area contributed by atoms with Crippen LogP contribution < -0.4 is 15.4 Å². The molecule has 1 aliphatic rings. The number of ether oxygens (including phenoxy) is 1. The van der Waals surface area contributed by atoms with Crippen LogP contribution in [0.25, 0.3) is 0 Å². The van der Waals surface area contributed by atoms with Gasteiger partial charge in [0.15, 0.2) is 0 Å². The van der Waals surface area contributed by atoms with Crippen LogP contribution in [0.2, 0.25) is 0 Å². The number of fused-ring (bicyclic) bond motifs is 2. The van der Waals surface area contributed by atoms with Crippen molar-refractivity contribution in [3.05, 3.63) is 29.8 Å². The first-order valence-electron chi connectivity index (χ1n) is 7.92. The van der Waals surface area contributed by atoms with Crippen LogP contribution in [0.3, 0.4) is 0 Å². The molecule has 1 atom stereocenters. The van der Waals surface area contributed by atoms with Crippen LogP contribution in [-0.2, 0) is 16.0 Å². The summed E-state index contributed by atoms with van der Waals surface area (Å²) in [7, 11) is 0. The van der Waals surface area contributed by atoms with Crippen LogP contribution in [0.5, 0.6) is 5.75 Å². The minimum Gasteiger partial charge on any atom is -0.491 e. The number of carbonyl (C=O) groups excluding carboxylic acids is 2. The van der Waals surface area contributed by atoms with Gasteiger partial charge < -0.3 is 15.4 Å². The summed E-state index contributed by atoms with van der Waals surface area (Å²) in [5.41, 5.74) is 1.13. The Labute approximate surface area is 131 Å². The van der Waals surface area contributed by atoms with Crippen LogP contribution in [0.15, 0.2) is 24.3 Å². The van der Waals surface area contributed by atoms with Gasteiger partial charge in [0, 0.05) is 25.9 Å². The standard InChI is InChI=1S/C17H24N2O3/c1-13-4-3-10-18-16(20)7-8-17(21)19-11-9-14-5-2-6-15(12-14)22-13/h2,5-6,12-13H,3-4,7-11H2,1H3,(H,18,20)(H,19,21). The largest absolute Gasteiger partial charge is 0.491 e. The number of hydrogen-bond acceptors (Lipinski definition) is 3. The summed E-state index contributed by atoms with van der Waals surface area (Å²) in [5, 5.41) is 5.68. The molecule has 1 aromatic rings. The van der Waals surface area contributed by atoms with E-state index >= 15 is 0 Å². The van der Waals surface area contributed by atoms with Gasteiger partial charge in [-0.3, -0.25) is 9.59 Å². The quantitative estimate of drug-likeness (QED) is 0.768. The maximum Gasteiger partial charge on any atom is 0.220 e. The Morgan fingerprint density at radius 1 is 1.05 bits per heavy atom. The van der Waals surface area contributed by atoms with Gasteiger partial charge in [-0.2, -0.15) is 0 Å². The topological polar surface area (TPSA) is 67.4 Å². The first-order valence-corrected chi connectivity index (χ1v) is 7.92. The Morgan fingerprint density at radius 2 is 1.77 bits per heavy atom. The van der Waals surface area contributed by atoms with Crippen molar-refractivity contribution in [2.75, 3.05) is 13.1 Å². The third-order valence-electron chi connectivity index (χ3n) is 3.66. The van der Waals surface area contributed by atoms with Crippen molar-refractivity contribution in [2.45, 2.75) is 45.1 Å². The van der Waals surface area contributed by atoms with E-state index < -0.39 is 0 Å². The van der Waals surface area contributed by atoms with Crippen LogP contribution >= 0.6 is 0 Å².